The van der Waals surface area contributed by atoms with Gasteiger partial charge in [0, 0.05) is 116 Å². The van der Waals surface area contributed by atoms with Crippen molar-refractivity contribution in [3.05, 3.63) is 359 Å². The van der Waals surface area contributed by atoms with Crippen LogP contribution < -0.4 is 9.80 Å². The van der Waals surface area contributed by atoms with Crippen LogP contribution >= 0.6 is 0 Å². The smallest absolute Gasteiger partial charge is 0.0496 e. The summed E-state index contributed by atoms with van der Waals surface area (Å²) in [7, 11) is 0. The minimum absolute atomic E-state index is 0.00251. The van der Waals surface area contributed by atoms with Crippen molar-refractivity contribution in [3.8, 4) is 44.5 Å². The van der Waals surface area contributed by atoms with E-state index in [-0.39, 0.29) is 81.8 Å². The Hall–Kier alpha value is -11.9. The fraction of sp³-hybridized carbons (Fsp3) is 0.417. The molecule has 0 radical (unpaired) electrons. The first-order chi connectivity index (χ1) is 68.4. The molecule has 0 saturated carbocycles. The second kappa shape index (κ2) is 41.3. The van der Waals surface area contributed by atoms with E-state index in [9.17, 15) is 0 Å². The lowest BCUT2D eigenvalue weighted by Crippen LogP contribution is -2.38. The largest absolute Gasteiger partial charge is 0.336 e. The van der Waals surface area contributed by atoms with E-state index in [1.54, 1.807) is 0 Å². The number of benzene rings is 14. The van der Waals surface area contributed by atoms with Crippen LogP contribution in [0.1, 0.15) is 367 Å². The van der Waals surface area contributed by atoms with E-state index in [1.807, 2.05) is 0 Å². The quantitative estimate of drug-likeness (QED) is 0.151. The third-order valence-corrected chi connectivity index (χ3v) is 29.6. The molecule has 0 fully saturated rings. The van der Waals surface area contributed by atoms with Crippen LogP contribution in [0.25, 0.3) is 110 Å². The van der Waals surface area contributed by atoms with Crippen LogP contribution in [-0.4, -0.2) is 24.8 Å². The third-order valence-electron chi connectivity index (χ3n) is 29.6. The summed E-state index contributed by atoms with van der Waals surface area (Å²) in [6.07, 6.45) is 0. The van der Waals surface area contributed by atoms with Crippen molar-refractivity contribution in [1.29, 1.82) is 0 Å². The summed E-state index contributed by atoms with van der Waals surface area (Å²) in [5.74, 6) is 0. The van der Waals surface area contributed by atoms with Gasteiger partial charge in [-0.2, -0.15) is 0 Å². The fourth-order valence-electron chi connectivity index (χ4n) is 20.8. The van der Waals surface area contributed by atoms with Crippen molar-refractivity contribution in [2.45, 2.75) is 393 Å². The van der Waals surface area contributed by atoms with E-state index in [1.165, 1.54) is 188 Å². The summed E-state index contributed by atoms with van der Waals surface area (Å²) in [6, 6.07) is 114. The van der Waals surface area contributed by atoms with Gasteiger partial charge in [0.15, 0.2) is 0 Å². The SMILES string of the molecule is CC(C)(C)c1cc(N(c2cc(C(C)(C)C)cc(C(C)(C)C)c2)C(C)(C)C)cc(C(C)(C)C)c1.CC(C)(C)c1ccc(-c2ccc3c(c2)c2cc(-c4ccc(C(C)(C)C)cc4)ccc2n3C(C)(C)C)cc1.CC(C)(C)c1ccc(N(c2ccc(C(C)(C)C)cc2)C(C)(C)C)cc1.CC(C)(C)c1ccc2c(c1)c1cc(C(C)(C)C)ccc1n2C(C)(C)C.CC(C)(C)n1c2ccc(-c3ccccc3)cc2c2cc(-c3ccccc3)ccc21. The number of aromatic nitrogens is 3. The minimum atomic E-state index is -0.0721. The van der Waals surface area contributed by atoms with E-state index in [0.717, 1.165) is 0 Å². The molecule has 0 saturated heterocycles. The van der Waals surface area contributed by atoms with Gasteiger partial charge < -0.3 is 23.5 Å². The van der Waals surface area contributed by atoms with E-state index in [4.69, 9.17) is 0 Å². The average Bonchev–Trinajstić information content (AvgIpc) is 1.59. The maximum atomic E-state index is 2.56. The topological polar surface area (TPSA) is 21.3 Å². The molecule has 786 valence electrons. The van der Waals surface area contributed by atoms with Crippen molar-refractivity contribution in [3.63, 3.8) is 0 Å². The highest BCUT2D eigenvalue weighted by molar-refractivity contribution is 6.13. The zero-order valence-electron chi connectivity index (χ0n) is 101. The van der Waals surface area contributed by atoms with Gasteiger partial charge in [-0.05, 0) is 379 Å². The minimum Gasteiger partial charge on any atom is -0.336 e. The Kier molecular flexibility index (Phi) is 31.7. The molecule has 149 heavy (non-hydrogen) atoms. The summed E-state index contributed by atoms with van der Waals surface area (Å²) in [5, 5.41) is 8.01. The lowest BCUT2D eigenvalue weighted by Gasteiger charge is -2.41. The predicted octanol–water partition coefficient (Wildman–Crippen LogP) is 42.5. The Morgan fingerprint density at radius 2 is 0.302 bits per heavy atom. The maximum Gasteiger partial charge on any atom is 0.0496 e. The first-order valence-electron chi connectivity index (χ1n) is 55.1. The summed E-state index contributed by atoms with van der Waals surface area (Å²) >= 11 is 0. The lowest BCUT2D eigenvalue weighted by atomic mass is 9.79. The van der Waals surface area contributed by atoms with E-state index in [2.05, 4.69) is 638 Å². The van der Waals surface area contributed by atoms with Crippen LogP contribution in [0.2, 0.25) is 0 Å². The molecular formula is C144H185N5. The van der Waals surface area contributed by atoms with Crippen LogP contribution in [0.4, 0.5) is 22.7 Å². The van der Waals surface area contributed by atoms with Gasteiger partial charge in [-0.25, -0.2) is 0 Å². The van der Waals surface area contributed by atoms with Crippen molar-refractivity contribution < 1.29 is 0 Å². The van der Waals surface area contributed by atoms with E-state index < -0.39 is 0 Å². The Bertz CT molecular complexity index is 7070. The van der Waals surface area contributed by atoms with Crippen LogP contribution in [-0.2, 0) is 70.8 Å². The summed E-state index contributed by atoms with van der Waals surface area (Å²) < 4.78 is 7.47. The van der Waals surface area contributed by atoms with Crippen molar-refractivity contribution in [2.24, 2.45) is 0 Å². The standard InChI is InChI=1S/C36H41N.C32H51N.C28H25N.C24H33N.C24H35N/c1-34(2,3)28-16-10-24(11-17-28)26-14-20-32-30(22-26)31-23-27(15-21-33(31)37(32)36(7,8)9)25-12-18-29(19-13-25)35(4,5)6;1-28(2,3)22-16-23(29(4,5)6)19-26(18-22)33(32(13,14)15)27-20-24(30(7,8)9)17-25(21-27)31(10,11)12;1-28(2,3)29-26-16-14-22(20-10-6-4-7-11-20)18-24(26)25-19-23(15-17-27(25)29)21-12-8-5-9-13-21;1-22(2,3)16-10-12-20-18(14-16)19-15-17(23(4,5)6)11-13-21(19)25(20)24(7,8)9;1-22(2,3)18-10-14-20(15-11-18)25(24(7,8)9)21-16-12-19(13-17-21)23(4,5)6/h10-23H,1-9H3;16-21H,1-15H3;4-19H,1-3H3;10-15H,1-9H3;10-17H,1-9H3. The van der Waals surface area contributed by atoms with Crippen molar-refractivity contribution >= 4 is 88.2 Å². The van der Waals surface area contributed by atoms with Gasteiger partial charge in [-0.15, -0.1) is 0 Å². The van der Waals surface area contributed by atoms with Crippen LogP contribution in [0, 0.1) is 0 Å². The maximum absolute atomic E-state index is 2.56. The lowest BCUT2D eigenvalue weighted by molar-refractivity contribution is 0.423. The molecule has 0 bridgehead atoms. The van der Waals surface area contributed by atoms with Gasteiger partial charge in [0.1, 0.15) is 0 Å². The van der Waals surface area contributed by atoms with Gasteiger partial charge in [-0.1, -0.05) is 390 Å². The Morgan fingerprint density at radius 3 is 0.497 bits per heavy atom. The van der Waals surface area contributed by atoms with Gasteiger partial charge in [-0.3, -0.25) is 0 Å². The summed E-state index contributed by atoms with van der Waals surface area (Å²) in [4.78, 5) is 4.98. The molecule has 0 aliphatic carbocycles. The molecule has 3 aromatic heterocycles. The second-order valence-corrected chi connectivity index (χ2v) is 57.9. The summed E-state index contributed by atoms with van der Waals surface area (Å²) in [5.41, 5.74) is 38.1. The molecule has 0 spiro atoms. The highest BCUT2D eigenvalue weighted by Gasteiger charge is 2.35. The van der Waals surface area contributed by atoms with E-state index in [0.29, 0.717) is 0 Å². The Morgan fingerprint density at radius 1 is 0.134 bits per heavy atom. The van der Waals surface area contributed by atoms with Crippen LogP contribution in [0.3, 0.4) is 0 Å². The highest BCUT2D eigenvalue weighted by atomic mass is 15.2. The number of anilines is 4. The molecule has 0 aliphatic rings. The monoisotopic (exact) mass is 1980 g/mol. The van der Waals surface area contributed by atoms with Gasteiger partial charge in [0.2, 0.25) is 0 Å². The number of rotatable bonds is 8. The molecule has 5 nitrogen and oxygen atoms in total. The van der Waals surface area contributed by atoms with Gasteiger partial charge >= 0.3 is 0 Å². The molecule has 3 heterocycles. The highest BCUT2D eigenvalue weighted by Crippen LogP contribution is 2.48. The van der Waals surface area contributed by atoms with Crippen molar-refractivity contribution in [2.75, 3.05) is 9.80 Å². The van der Waals surface area contributed by atoms with Crippen LogP contribution in [0.5, 0.6) is 0 Å². The first kappa shape index (κ1) is 114. The number of hydrogen-bond acceptors (Lipinski definition) is 2. The normalized spacial score (nSPS) is 13.1. The molecule has 17 aromatic rings. The third kappa shape index (κ3) is 26.5. The number of fused-ring (bicyclic) bond motifs is 9. The zero-order chi connectivity index (χ0) is 110. The molecule has 0 unspecified atom stereocenters. The Labute approximate surface area is 902 Å². The molecule has 17 rings (SSSR count). The van der Waals surface area contributed by atoms with Gasteiger partial charge in [0.25, 0.3) is 0 Å². The molecule has 5 heteroatoms. The first-order valence-corrected chi connectivity index (χ1v) is 55.1. The number of nitrogens with zero attached hydrogens (tertiary/aromatic N) is 5. The van der Waals surface area contributed by atoms with Crippen LogP contribution in [0.15, 0.2) is 303 Å². The fourth-order valence-corrected chi connectivity index (χ4v) is 20.8. The Balaban J connectivity index is 0.000000157. The molecule has 0 amide bonds. The van der Waals surface area contributed by atoms with E-state index >= 15 is 0 Å². The molecular weight excluding hydrogens is 1800 g/mol. The molecule has 0 aliphatic heterocycles. The molecule has 14 aromatic carbocycles. The van der Waals surface area contributed by atoms with Crippen molar-refractivity contribution in [1.82, 2.24) is 13.7 Å². The summed E-state index contributed by atoms with van der Waals surface area (Å²) in [6.45, 7) is 103. The van der Waals surface area contributed by atoms with Gasteiger partial charge in [0.05, 0.1) is 0 Å². The second-order valence-electron chi connectivity index (χ2n) is 57.9. The molecule has 0 N–H and O–H groups in total. The molecule has 0 atom stereocenters. The number of hydrogen-bond donors (Lipinski definition) is 0. The predicted molar refractivity (Wildman–Crippen MR) is 662 cm³/mol. The zero-order valence-corrected chi connectivity index (χ0v) is 101. The average molecular weight is 1990 g/mol.